The molecular formula is C11H7Cl6N3O2S2. The number of halogens is 6. The minimum absolute atomic E-state index is 0.0202. The first kappa shape index (κ1) is 20.7. The summed E-state index contributed by atoms with van der Waals surface area (Å²) in [5.41, 5.74) is -0.706. The Labute approximate surface area is 174 Å². The van der Waals surface area contributed by atoms with Crippen molar-refractivity contribution in [3.8, 4) is 0 Å². The van der Waals surface area contributed by atoms with E-state index in [9.17, 15) is 9.59 Å². The number of alkyl halides is 6. The van der Waals surface area contributed by atoms with Gasteiger partial charge in [-0.15, -0.1) is 0 Å². The number of hydrogen-bond acceptors (Lipinski definition) is 4. The third-order valence-electron chi connectivity index (χ3n) is 2.52. The molecule has 1 aromatic heterocycles. The Morgan fingerprint density at radius 1 is 0.792 bits per heavy atom. The van der Waals surface area contributed by atoms with Crippen LogP contribution in [0.25, 0.3) is 0 Å². The van der Waals surface area contributed by atoms with E-state index >= 15 is 0 Å². The van der Waals surface area contributed by atoms with Crippen LogP contribution in [0.2, 0.25) is 0 Å². The average Bonchev–Trinajstić information content (AvgIpc) is 2.63. The van der Waals surface area contributed by atoms with Crippen molar-refractivity contribution >= 4 is 93.5 Å². The third-order valence-corrected chi connectivity index (χ3v) is 5.26. The van der Waals surface area contributed by atoms with Crippen molar-refractivity contribution in [1.82, 2.24) is 12.7 Å². The Bertz CT molecular complexity index is 774. The SMILES string of the molecule is O=c1n(Cc2ccccc2)c(=O)n(SC(Cl)(Cl)Cl)n1SC(Cl)(Cl)Cl. The van der Waals surface area contributed by atoms with E-state index < -0.39 is 17.6 Å². The van der Waals surface area contributed by atoms with Crippen LogP contribution in [0.1, 0.15) is 5.56 Å². The molecular weight excluding hydrogens is 483 g/mol. The second-order valence-corrected chi connectivity index (χ2v) is 12.4. The number of aromatic nitrogens is 3. The topological polar surface area (TPSA) is 48.9 Å². The second kappa shape index (κ2) is 7.96. The number of nitrogens with zero attached hydrogens (tertiary/aromatic N) is 3. The minimum Gasteiger partial charge on any atom is -0.245 e. The van der Waals surface area contributed by atoms with E-state index in [2.05, 4.69) is 0 Å². The van der Waals surface area contributed by atoms with Crippen molar-refractivity contribution in [2.45, 2.75) is 12.8 Å². The van der Waals surface area contributed by atoms with Crippen LogP contribution in [-0.4, -0.2) is 19.0 Å². The van der Waals surface area contributed by atoms with E-state index in [-0.39, 0.29) is 6.54 Å². The molecule has 0 atom stereocenters. The maximum atomic E-state index is 12.5. The molecule has 0 N–H and O–H groups in total. The van der Waals surface area contributed by atoms with Crippen molar-refractivity contribution in [2.75, 3.05) is 0 Å². The highest BCUT2D eigenvalue weighted by Gasteiger charge is 2.32. The normalized spacial score (nSPS) is 12.6. The van der Waals surface area contributed by atoms with Gasteiger partial charge < -0.3 is 0 Å². The van der Waals surface area contributed by atoms with Crippen LogP contribution in [0.3, 0.4) is 0 Å². The molecule has 0 aliphatic carbocycles. The fourth-order valence-electron chi connectivity index (χ4n) is 1.69. The van der Waals surface area contributed by atoms with Crippen molar-refractivity contribution in [1.29, 1.82) is 0 Å². The molecule has 0 radical (unpaired) electrons. The van der Waals surface area contributed by atoms with Crippen molar-refractivity contribution in [3.63, 3.8) is 0 Å². The van der Waals surface area contributed by atoms with Crippen molar-refractivity contribution in [3.05, 3.63) is 56.9 Å². The molecule has 1 heterocycles. The van der Waals surface area contributed by atoms with E-state index in [1.54, 1.807) is 24.3 Å². The molecule has 2 rings (SSSR count). The molecule has 0 amide bonds. The van der Waals surface area contributed by atoms with Gasteiger partial charge in [0.25, 0.3) is 6.25 Å². The summed E-state index contributed by atoms with van der Waals surface area (Å²) in [4.78, 5) is 25.1. The molecule has 0 aliphatic rings. The highest BCUT2D eigenvalue weighted by atomic mass is 35.6. The Morgan fingerprint density at radius 2 is 1.21 bits per heavy atom. The summed E-state index contributed by atoms with van der Waals surface area (Å²) in [5.74, 6) is 0. The Morgan fingerprint density at radius 3 is 1.58 bits per heavy atom. The first-order chi connectivity index (χ1) is 11.0. The second-order valence-electron chi connectivity index (χ2n) is 4.26. The monoisotopic (exact) mass is 487 g/mol. The molecule has 0 unspecified atom stereocenters. The number of benzene rings is 1. The summed E-state index contributed by atoms with van der Waals surface area (Å²) < 4.78 is -1.17. The highest BCUT2D eigenvalue weighted by Crippen LogP contribution is 2.42. The summed E-state index contributed by atoms with van der Waals surface area (Å²) in [6.45, 7) is 0.0202. The summed E-state index contributed by atoms with van der Waals surface area (Å²) >= 11 is 35.2. The van der Waals surface area contributed by atoms with Crippen molar-refractivity contribution < 1.29 is 0 Å². The summed E-state index contributed by atoms with van der Waals surface area (Å²) in [5, 5.41) is 0. The lowest BCUT2D eigenvalue weighted by Gasteiger charge is -2.14. The van der Waals surface area contributed by atoms with Crippen LogP contribution in [0.15, 0.2) is 39.9 Å². The Balaban J connectivity index is 2.55. The van der Waals surface area contributed by atoms with Crippen LogP contribution in [-0.2, 0) is 6.54 Å². The van der Waals surface area contributed by atoms with E-state index in [0.717, 1.165) is 18.3 Å². The molecule has 5 nitrogen and oxygen atoms in total. The lowest BCUT2D eigenvalue weighted by molar-refractivity contribution is 0.730. The summed E-state index contributed by atoms with van der Waals surface area (Å²) in [6.07, 6.45) is 0. The van der Waals surface area contributed by atoms with Gasteiger partial charge in [-0.1, -0.05) is 99.9 Å². The molecule has 0 fully saturated rings. The van der Waals surface area contributed by atoms with Gasteiger partial charge in [-0.3, -0.25) is 0 Å². The standard InChI is InChI=1S/C11H7Cl6N3O2S2/c12-10(13,14)23-19-8(21)18(6-7-4-2-1-3-5-7)9(22)20(19)24-11(15,16)17/h1-5H,6H2. The zero-order valence-corrected chi connectivity index (χ0v) is 17.5. The van der Waals surface area contributed by atoms with Crippen LogP contribution in [0.5, 0.6) is 0 Å². The largest absolute Gasteiger partial charge is 0.359 e. The molecule has 13 heteroatoms. The average molecular weight is 490 g/mol. The Kier molecular flexibility index (Phi) is 6.87. The van der Waals surface area contributed by atoms with E-state index in [1.165, 1.54) is 0 Å². The molecule has 0 saturated heterocycles. The van der Waals surface area contributed by atoms with Crippen LogP contribution >= 0.6 is 93.5 Å². The van der Waals surface area contributed by atoms with Gasteiger partial charge in [0, 0.05) is 23.9 Å². The van der Waals surface area contributed by atoms with Gasteiger partial charge >= 0.3 is 11.4 Å². The molecule has 0 aliphatic heterocycles. The first-order valence-corrected chi connectivity index (χ1v) is 9.81. The van der Waals surface area contributed by atoms with Crippen LogP contribution in [0, 0.1) is 0 Å². The van der Waals surface area contributed by atoms with Crippen LogP contribution in [0.4, 0.5) is 0 Å². The molecule has 2 aromatic rings. The number of hydrogen-bond donors (Lipinski definition) is 0. The number of rotatable bonds is 4. The molecule has 0 spiro atoms. The molecule has 24 heavy (non-hydrogen) atoms. The van der Waals surface area contributed by atoms with E-state index in [0.29, 0.717) is 23.9 Å². The molecule has 1 aromatic carbocycles. The summed E-state index contributed by atoms with van der Waals surface area (Å²) in [6, 6.07) is 8.90. The van der Waals surface area contributed by atoms with Gasteiger partial charge in [-0.25, -0.2) is 14.2 Å². The minimum atomic E-state index is -1.90. The van der Waals surface area contributed by atoms with Crippen LogP contribution < -0.4 is 11.4 Å². The lowest BCUT2D eigenvalue weighted by atomic mass is 10.2. The lowest BCUT2D eigenvalue weighted by Crippen LogP contribution is -2.29. The van der Waals surface area contributed by atoms with Gasteiger partial charge in [0.2, 0.25) is 0 Å². The van der Waals surface area contributed by atoms with E-state index in [1.807, 2.05) is 6.07 Å². The predicted octanol–water partition coefficient (Wildman–Crippen LogP) is 4.51. The molecule has 0 saturated carbocycles. The smallest absolute Gasteiger partial charge is 0.245 e. The fourth-order valence-corrected chi connectivity index (χ4v) is 4.10. The molecule has 0 bridgehead atoms. The third kappa shape index (κ3) is 5.71. The van der Waals surface area contributed by atoms with Gasteiger partial charge in [0.15, 0.2) is 0 Å². The zero-order chi connectivity index (χ0) is 18.1. The predicted molar refractivity (Wildman–Crippen MR) is 105 cm³/mol. The van der Waals surface area contributed by atoms with Crippen molar-refractivity contribution in [2.24, 2.45) is 0 Å². The fraction of sp³-hybridized carbons (Fsp3) is 0.273. The summed E-state index contributed by atoms with van der Waals surface area (Å²) in [7, 11) is 0. The van der Waals surface area contributed by atoms with Gasteiger partial charge in [0.1, 0.15) is 0 Å². The zero-order valence-electron chi connectivity index (χ0n) is 11.3. The Hall–Kier alpha value is 0.400. The maximum Gasteiger partial charge on any atom is 0.359 e. The quantitative estimate of drug-likeness (QED) is 0.593. The molecule has 132 valence electrons. The maximum absolute atomic E-state index is 12.5. The first-order valence-electron chi connectivity index (χ1n) is 5.99. The van der Waals surface area contributed by atoms with E-state index in [4.69, 9.17) is 69.6 Å². The van der Waals surface area contributed by atoms with Gasteiger partial charge in [-0.2, -0.15) is 8.17 Å². The van der Waals surface area contributed by atoms with Gasteiger partial charge in [0.05, 0.1) is 6.54 Å². The highest BCUT2D eigenvalue weighted by molar-refractivity contribution is 8.05. The van der Waals surface area contributed by atoms with Gasteiger partial charge in [-0.05, 0) is 5.56 Å².